The number of carbonyl (C=O) groups excluding carboxylic acids is 1. The fourth-order valence-corrected chi connectivity index (χ4v) is 1.80. The van der Waals surface area contributed by atoms with Crippen LogP contribution in [0, 0.1) is 6.92 Å². The van der Waals surface area contributed by atoms with Crippen LogP contribution in [0.1, 0.15) is 5.82 Å². The van der Waals surface area contributed by atoms with Crippen molar-refractivity contribution in [2.45, 2.75) is 6.92 Å². The molecule has 2 rings (SSSR count). The molecule has 0 saturated carbocycles. The molecule has 0 unspecified atom stereocenters. The monoisotopic (exact) mass is 289 g/mol. The average Bonchev–Trinajstić information content (AvgIpc) is 2.91. The van der Waals surface area contributed by atoms with E-state index in [4.69, 9.17) is 4.74 Å². The van der Waals surface area contributed by atoms with E-state index in [-0.39, 0.29) is 12.5 Å². The standard InChI is InChI=1S/C14H19N5O2/c1-11-16-5-7-19(11)13-4-3-12(9-17-13)18-14(20)10-15-6-8-21-2/h3-5,7,9,15H,6,8,10H2,1-2H3,(H,18,20). The van der Waals surface area contributed by atoms with Crippen LogP contribution in [0.2, 0.25) is 0 Å². The molecule has 112 valence electrons. The van der Waals surface area contributed by atoms with Gasteiger partial charge in [0.05, 0.1) is 25.0 Å². The highest BCUT2D eigenvalue weighted by atomic mass is 16.5. The summed E-state index contributed by atoms with van der Waals surface area (Å²) in [7, 11) is 1.62. The third-order valence-electron chi connectivity index (χ3n) is 2.87. The minimum Gasteiger partial charge on any atom is -0.383 e. The highest BCUT2D eigenvalue weighted by Gasteiger charge is 2.04. The first-order chi connectivity index (χ1) is 10.2. The van der Waals surface area contributed by atoms with Crippen molar-refractivity contribution in [1.82, 2.24) is 19.9 Å². The molecule has 0 aliphatic rings. The summed E-state index contributed by atoms with van der Waals surface area (Å²) in [6, 6.07) is 3.65. The number of amides is 1. The molecule has 21 heavy (non-hydrogen) atoms. The summed E-state index contributed by atoms with van der Waals surface area (Å²) >= 11 is 0. The number of nitrogens with one attached hydrogen (secondary N) is 2. The molecular weight excluding hydrogens is 270 g/mol. The van der Waals surface area contributed by atoms with Crippen LogP contribution < -0.4 is 10.6 Å². The van der Waals surface area contributed by atoms with E-state index < -0.39 is 0 Å². The Kier molecular flexibility index (Phi) is 5.42. The Morgan fingerprint density at radius 3 is 2.86 bits per heavy atom. The Balaban J connectivity index is 1.88. The van der Waals surface area contributed by atoms with Crippen LogP contribution in [0.15, 0.2) is 30.7 Å². The van der Waals surface area contributed by atoms with Crippen LogP contribution >= 0.6 is 0 Å². The third kappa shape index (κ3) is 4.37. The number of ether oxygens (including phenoxy) is 1. The maximum atomic E-state index is 11.7. The molecule has 2 aromatic rings. The number of anilines is 1. The molecule has 0 fully saturated rings. The summed E-state index contributed by atoms with van der Waals surface area (Å²) in [5.74, 6) is 1.52. The van der Waals surface area contributed by atoms with Crippen LogP contribution in [0.4, 0.5) is 5.69 Å². The number of methoxy groups -OCH3 is 1. The van der Waals surface area contributed by atoms with Gasteiger partial charge in [0.1, 0.15) is 11.6 Å². The van der Waals surface area contributed by atoms with Gasteiger partial charge < -0.3 is 15.4 Å². The van der Waals surface area contributed by atoms with E-state index in [2.05, 4.69) is 20.6 Å². The predicted octanol–water partition coefficient (Wildman–Crippen LogP) is 0.750. The van der Waals surface area contributed by atoms with Crippen molar-refractivity contribution in [3.8, 4) is 5.82 Å². The molecule has 0 spiro atoms. The van der Waals surface area contributed by atoms with Gasteiger partial charge in [-0.05, 0) is 19.1 Å². The van der Waals surface area contributed by atoms with E-state index in [1.807, 2.05) is 29.8 Å². The van der Waals surface area contributed by atoms with Crippen LogP contribution in [-0.4, -0.2) is 47.2 Å². The highest BCUT2D eigenvalue weighted by molar-refractivity contribution is 5.92. The minimum atomic E-state index is -0.112. The van der Waals surface area contributed by atoms with Crippen molar-refractivity contribution in [3.63, 3.8) is 0 Å². The molecule has 2 heterocycles. The van der Waals surface area contributed by atoms with E-state index >= 15 is 0 Å². The number of pyridine rings is 1. The zero-order valence-corrected chi connectivity index (χ0v) is 12.2. The van der Waals surface area contributed by atoms with Gasteiger partial charge in [0.2, 0.25) is 5.91 Å². The molecule has 0 bridgehead atoms. The van der Waals surface area contributed by atoms with Crippen LogP contribution in [0.3, 0.4) is 0 Å². The Morgan fingerprint density at radius 2 is 2.24 bits per heavy atom. The number of imidazole rings is 1. The summed E-state index contributed by atoms with van der Waals surface area (Å²) < 4.78 is 6.76. The molecule has 1 amide bonds. The lowest BCUT2D eigenvalue weighted by Crippen LogP contribution is -2.30. The Morgan fingerprint density at radius 1 is 1.38 bits per heavy atom. The van der Waals surface area contributed by atoms with Crippen molar-refractivity contribution in [2.75, 3.05) is 32.1 Å². The summed E-state index contributed by atoms with van der Waals surface area (Å²) in [5, 5.41) is 5.75. The fourth-order valence-electron chi connectivity index (χ4n) is 1.80. The topological polar surface area (TPSA) is 81.1 Å². The second kappa shape index (κ2) is 7.51. The zero-order chi connectivity index (χ0) is 15.1. The Bertz CT molecular complexity index is 579. The molecule has 7 nitrogen and oxygen atoms in total. The molecule has 0 aromatic carbocycles. The molecule has 0 atom stereocenters. The maximum absolute atomic E-state index is 11.7. The molecule has 0 aliphatic carbocycles. The zero-order valence-electron chi connectivity index (χ0n) is 12.2. The largest absolute Gasteiger partial charge is 0.383 e. The van der Waals surface area contributed by atoms with Crippen molar-refractivity contribution in [2.24, 2.45) is 0 Å². The van der Waals surface area contributed by atoms with Crippen molar-refractivity contribution >= 4 is 11.6 Å². The molecule has 0 aliphatic heterocycles. The molecule has 2 aromatic heterocycles. The molecule has 0 saturated heterocycles. The number of aromatic nitrogens is 3. The van der Waals surface area contributed by atoms with E-state index in [0.29, 0.717) is 18.8 Å². The Hall–Kier alpha value is -2.25. The normalized spacial score (nSPS) is 10.6. The van der Waals surface area contributed by atoms with E-state index in [9.17, 15) is 4.79 Å². The lowest BCUT2D eigenvalue weighted by molar-refractivity contribution is -0.115. The lowest BCUT2D eigenvalue weighted by atomic mass is 10.4. The van der Waals surface area contributed by atoms with Crippen molar-refractivity contribution < 1.29 is 9.53 Å². The maximum Gasteiger partial charge on any atom is 0.238 e. The number of nitrogens with zero attached hydrogens (tertiary/aromatic N) is 3. The van der Waals surface area contributed by atoms with E-state index in [1.54, 1.807) is 19.5 Å². The quantitative estimate of drug-likeness (QED) is 0.735. The number of aryl methyl sites for hydroxylation is 1. The second-order valence-electron chi connectivity index (χ2n) is 4.47. The van der Waals surface area contributed by atoms with Gasteiger partial charge in [-0.1, -0.05) is 0 Å². The second-order valence-corrected chi connectivity index (χ2v) is 4.47. The molecule has 0 radical (unpaired) electrons. The van der Waals surface area contributed by atoms with Crippen LogP contribution in [0.25, 0.3) is 5.82 Å². The van der Waals surface area contributed by atoms with Gasteiger partial charge in [-0.15, -0.1) is 0 Å². The van der Waals surface area contributed by atoms with Crippen LogP contribution in [-0.2, 0) is 9.53 Å². The van der Waals surface area contributed by atoms with E-state index in [0.717, 1.165) is 11.6 Å². The first-order valence-corrected chi connectivity index (χ1v) is 6.66. The predicted molar refractivity (Wildman–Crippen MR) is 79.5 cm³/mol. The summed E-state index contributed by atoms with van der Waals surface area (Å²) in [6.07, 6.45) is 5.19. The Labute approximate surface area is 123 Å². The minimum absolute atomic E-state index is 0.112. The van der Waals surface area contributed by atoms with Gasteiger partial charge >= 0.3 is 0 Å². The van der Waals surface area contributed by atoms with Crippen molar-refractivity contribution in [3.05, 3.63) is 36.5 Å². The molecule has 2 N–H and O–H groups in total. The smallest absolute Gasteiger partial charge is 0.238 e. The third-order valence-corrected chi connectivity index (χ3v) is 2.87. The van der Waals surface area contributed by atoms with Gasteiger partial charge in [0.25, 0.3) is 0 Å². The molecular formula is C14H19N5O2. The van der Waals surface area contributed by atoms with Gasteiger partial charge in [0, 0.05) is 26.0 Å². The molecule has 7 heteroatoms. The SMILES string of the molecule is COCCNCC(=O)Nc1ccc(-n2ccnc2C)nc1. The summed E-state index contributed by atoms with van der Waals surface area (Å²) in [6.45, 7) is 3.36. The average molecular weight is 289 g/mol. The first-order valence-electron chi connectivity index (χ1n) is 6.66. The van der Waals surface area contributed by atoms with Gasteiger partial charge in [-0.2, -0.15) is 0 Å². The lowest BCUT2D eigenvalue weighted by Gasteiger charge is -2.08. The first kappa shape index (κ1) is 15.1. The summed E-state index contributed by atoms with van der Waals surface area (Å²) in [5.41, 5.74) is 0.662. The van der Waals surface area contributed by atoms with Gasteiger partial charge in [-0.25, -0.2) is 9.97 Å². The highest BCUT2D eigenvalue weighted by Crippen LogP contribution is 2.11. The fraction of sp³-hybridized carbons (Fsp3) is 0.357. The van der Waals surface area contributed by atoms with Crippen LogP contribution in [0.5, 0.6) is 0 Å². The van der Waals surface area contributed by atoms with Crippen molar-refractivity contribution in [1.29, 1.82) is 0 Å². The number of rotatable bonds is 7. The number of carbonyl (C=O) groups is 1. The van der Waals surface area contributed by atoms with Gasteiger partial charge in [0.15, 0.2) is 0 Å². The number of hydrogen-bond donors (Lipinski definition) is 2. The summed E-state index contributed by atoms with van der Waals surface area (Å²) in [4.78, 5) is 20.1. The van der Waals surface area contributed by atoms with E-state index in [1.165, 1.54) is 0 Å². The van der Waals surface area contributed by atoms with Gasteiger partial charge in [-0.3, -0.25) is 9.36 Å². The number of hydrogen-bond acceptors (Lipinski definition) is 5.